The highest BCUT2D eigenvalue weighted by molar-refractivity contribution is 5.98. The highest BCUT2D eigenvalue weighted by Crippen LogP contribution is 2.69. The highest BCUT2D eigenvalue weighted by Gasteiger charge is 2.62. The molecular formula is C21H26N2O3. The third-order valence-corrected chi connectivity index (χ3v) is 6.67. The smallest absolute Gasteiger partial charge is 0.336 e. The minimum Gasteiger partial charge on any atom is -0.478 e. The molecule has 4 fully saturated rings. The SMILES string of the molecule is CC12CC3CC(C)(C1)CC(C(=O)N/N=C/c1ccccc1C(=O)O)(C3)C2. The van der Waals surface area contributed by atoms with Gasteiger partial charge in [-0.3, -0.25) is 4.79 Å². The van der Waals surface area contributed by atoms with Crippen molar-refractivity contribution in [2.24, 2.45) is 27.3 Å². The molecule has 2 atom stereocenters. The Bertz CT molecular complexity index is 782. The number of nitrogens with one attached hydrogen (secondary N) is 1. The summed E-state index contributed by atoms with van der Waals surface area (Å²) in [5.41, 5.74) is 3.62. The largest absolute Gasteiger partial charge is 0.478 e. The topological polar surface area (TPSA) is 78.8 Å². The van der Waals surface area contributed by atoms with Gasteiger partial charge in [-0.15, -0.1) is 0 Å². The standard InChI is InChI=1S/C21H26N2O3/c1-19-7-14-8-20(2,11-19)13-21(9-14,12-19)18(26)23-22-10-15-5-3-4-6-16(15)17(24)25/h3-6,10,14H,7-9,11-13H2,1-2H3,(H,23,26)(H,24,25)/b22-10+. The second-order valence-electron chi connectivity index (χ2n) is 9.50. The van der Waals surface area contributed by atoms with Gasteiger partial charge in [-0.05, 0) is 61.3 Å². The average molecular weight is 354 g/mol. The van der Waals surface area contributed by atoms with Crippen molar-refractivity contribution >= 4 is 18.1 Å². The lowest BCUT2D eigenvalue weighted by Crippen LogP contribution is -2.59. The summed E-state index contributed by atoms with van der Waals surface area (Å²) in [6.45, 7) is 4.67. The molecule has 0 aromatic heterocycles. The predicted molar refractivity (Wildman–Crippen MR) is 99.0 cm³/mol. The molecule has 5 rings (SSSR count). The Hall–Kier alpha value is -2.17. The van der Waals surface area contributed by atoms with Gasteiger partial charge in [-0.2, -0.15) is 5.10 Å². The third-order valence-electron chi connectivity index (χ3n) is 6.67. The number of benzene rings is 1. The van der Waals surface area contributed by atoms with Crippen LogP contribution in [0.15, 0.2) is 29.4 Å². The van der Waals surface area contributed by atoms with Crippen molar-refractivity contribution in [1.82, 2.24) is 5.43 Å². The molecule has 138 valence electrons. The molecule has 5 nitrogen and oxygen atoms in total. The third kappa shape index (κ3) is 2.83. The van der Waals surface area contributed by atoms with Gasteiger partial charge in [0.05, 0.1) is 17.2 Å². The first-order chi connectivity index (χ1) is 12.2. The zero-order valence-electron chi connectivity index (χ0n) is 15.4. The molecule has 4 aliphatic rings. The van der Waals surface area contributed by atoms with Crippen LogP contribution >= 0.6 is 0 Å². The van der Waals surface area contributed by atoms with Crippen LogP contribution in [0.1, 0.15) is 68.3 Å². The first kappa shape index (κ1) is 17.3. The molecule has 2 unspecified atom stereocenters. The van der Waals surface area contributed by atoms with Gasteiger partial charge >= 0.3 is 5.97 Å². The molecule has 0 aliphatic heterocycles. The van der Waals surface area contributed by atoms with Crippen LogP contribution in [0.25, 0.3) is 0 Å². The fourth-order valence-corrected chi connectivity index (χ4v) is 6.78. The molecule has 26 heavy (non-hydrogen) atoms. The summed E-state index contributed by atoms with van der Waals surface area (Å²) in [7, 11) is 0. The number of carbonyl (C=O) groups is 2. The van der Waals surface area contributed by atoms with E-state index in [0.29, 0.717) is 11.5 Å². The molecule has 2 N–H and O–H groups in total. The maximum absolute atomic E-state index is 13.0. The van der Waals surface area contributed by atoms with Gasteiger partial charge in [0.2, 0.25) is 5.91 Å². The number of carboxylic acids is 1. The molecule has 4 aliphatic carbocycles. The molecule has 0 heterocycles. The monoisotopic (exact) mass is 354 g/mol. The summed E-state index contributed by atoms with van der Waals surface area (Å²) < 4.78 is 0. The van der Waals surface area contributed by atoms with E-state index in [1.807, 2.05) is 0 Å². The van der Waals surface area contributed by atoms with Gasteiger partial charge in [-0.1, -0.05) is 32.0 Å². The van der Waals surface area contributed by atoms with Crippen LogP contribution in [-0.4, -0.2) is 23.2 Å². The Morgan fingerprint density at radius 3 is 2.38 bits per heavy atom. The van der Waals surface area contributed by atoms with Crippen LogP contribution in [-0.2, 0) is 4.79 Å². The first-order valence-corrected chi connectivity index (χ1v) is 9.39. The van der Waals surface area contributed by atoms with Gasteiger partial charge in [0, 0.05) is 5.56 Å². The maximum Gasteiger partial charge on any atom is 0.336 e. The molecule has 0 spiro atoms. The summed E-state index contributed by atoms with van der Waals surface area (Å²) in [5.74, 6) is -0.355. The quantitative estimate of drug-likeness (QED) is 0.637. The van der Waals surface area contributed by atoms with Crippen molar-refractivity contribution < 1.29 is 14.7 Å². The van der Waals surface area contributed by atoms with E-state index in [4.69, 9.17) is 0 Å². The Balaban J connectivity index is 1.52. The number of rotatable bonds is 4. The lowest BCUT2D eigenvalue weighted by Gasteiger charge is -2.64. The van der Waals surface area contributed by atoms with Crippen molar-refractivity contribution in [3.8, 4) is 0 Å². The lowest BCUT2D eigenvalue weighted by molar-refractivity contribution is -0.170. The van der Waals surface area contributed by atoms with E-state index in [2.05, 4.69) is 24.4 Å². The Labute approximate surface area is 153 Å². The second-order valence-corrected chi connectivity index (χ2v) is 9.50. The van der Waals surface area contributed by atoms with Crippen molar-refractivity contribution in [3.63, 3.8) is 0 Å². The Kier molecular flexibility index (Phi) is 3.76. The van der Waals surface area contributed by atoms with Crippen molar-refractivity contribution in [3.05, 3.63) is 35.4 Å². The molecule has 1 aromatic carbocycles. The fraction of sp³-hybridized carbons (Fsp3) is 0.571. The Morgan fingerprint density at radius 1 is 1.12 bits per heavy atom. The number of aromatic carboxylic acids is 1. The number of hydrazone groups is 1. The first-order valence-electron chi connectivity index (χ1n) is 9.39. The minimum absolute atomic E-state index is 0.00288. The van der Waals surface area contributed by atoms with Crippen LogP contribution in [0.5, 0.6) is 0 Å². The summed E-state index contributed by atoms with van der Waals surface area (Å²) in [6, 6.07) is 6.66. The number of amides is 1. The molecule has 0 radical (unpaired) electrons. The molecule has 5 heteroatoms. The van der Waals surface area contributed by atoms with Crippen LogP contribution < -0.4 is 5.43 Å². The zero-order valence-corrected chi connectivity index (χ0v) is 15.4. The van der Waals surface area contributed by atoms with Crippen LogP contribution in [0, 0.1) is 22.2 Å². The fourth-order valence-electron chi connectivity index (χ4n) is 6.78. The van der Waals surface area contributed by atoms with Crippen molar-refractivity contribution in [1.29, 1.82) is 0 Å². The van der Waals surface area contributed by atoms with E-state index in [0.717, 1.165) is 19.3 Å². The van der Waals surface area contributed by atoms with E-state index in [1.54, 1.807) is 18.2 Å². The molecular weight excluding hydrogens is 328 g/mol. The number of nitrogens with zero attached hydrogens (tertiary/aromatic N) is 1. The van der Waals surface area contributed by atoms with E-state index >= 15 is 0 Å². The second kappa shape index (κ2) is 5.66. The van der Waals surface area contributed by atoms with E-state index in [9.17, 15) is 14.7 Å². The molecule has 1 amide bonds. The highest BCUT2D eigenvalue weighted by atomic mass is 16.4. The predicted octanol–water partition coefficient (Wildman–Crippen LogP) is 3.83. The van der Waals surface area contributed by atoms with Gasteiger partial charge in [0.1, 0.15) is 0 Å². The summed E-state index contributed by atoms with van der Waals surface area (Å²) in [5, 5.41) is 13.3. The summed E-state index contributed by atoms with van der Waals surface area (Å²) in [4.78, 5) is 24.3. The lowest BCUT2D eigenvalue weighted by atomic mass is 9.40. The minimum atomic E-state index is -1.000. The molecule has 1 aromatic rings. The molecule has 0 saturated heterocycles. The summed E-state index contributed by atoms with van der Waals surface area (Å²) in [6.07, 6.45) is 8.00. The molecule has 4 bridgehead atoms. The van der Waals surface area contributed by atoms with Gasteiger partial charge in [0.25, 0.3) is 0 Å². The Morgan fingerprint density at radius 2 is 1.77 bits per heavy atom. The van der Waals surface area contributed by atoms with E-state index < -0.39 is 5.97 Å². The average Bonchev–Trinajstić information content (AvgIpc) is 2.51. The van der Waals surface area contributed by atoms with Gasteiger partial charge in [-0.25, -0.2) is 10.2 Å². The summed E-state index contributed by atoms with van der Waals surface area (Å²) >= 11 is 0. The molecule has 4 saturated carbocycles. The van der Waals surface area contributed by atoms with Crippen LogP contribution in [0.4, 0.5) is 0 Å². The van der Waals surface area contributed by atoms with Crippen LogP contribution in [0.3, 0.4) is 0 Å². The normalized spacial score (nSPS) is 37.8. The number of carboxylic acid groups (broad SMARTS) is 1. The van der Waals surface area contributed by atoms with Gasteiger partial charge < -0.3 is 5.11 Å². The number of carbonyl (C=O) groups excluding carboxylic acids is 1. The van der Waals surface area contributed by atoms with Gasteiger partial charge in [0.15, 0.2) is 0 Å². The van der Waals surface area contributed by atoms with E-state index in [-0.39, 0.29) is 27.7 Å². The van der Waals surface area contributed by atoms with Crippen molar-refractivity contribution in [2.75, 3.05) is 0 Å². The maximum atomic E-state index is 13.0. The zero-order chi connectivity index (χ0) is 18.6. The number of hydrogen-bond donors (Lipinski definition) is 2. The van der Waals surface area contributed by atoms with E-state index in [1.165, 1.54) is 31.5 Å². The number of hydrogen-bond acceptors (Lipinski definition) is 3. The van der Waals surface area contributed by atoms with Crippen molar-refractivity contribution in [2.45, 2.75) is 52.4 Å². The van der Waals surface area contributed by atoms with Crippen LogP contribution in [0.2, 0.25) is 0 Å².